The molecule has 0 unspecified atom stereocenters. The van der Waals surface area contributed by atoms with E-state index >= 15 is 0 Å². The topological polar surface area (TPSA) is 26.3 Å². The molecule has 0 spiro atoms. The molecule has 0 amide bonds. The van der Waals surface area contributed by atoms with Gasteiger partial charge in [0.05, 0.1) is 21.7 Å². The highest BCUT2D eigenvalue weighted by Crippen LogP contribution is 2.26. The Balaban J connectivity index is 2.96. The Morgan fingerprint density at radius 2 is 2.00 bits per heavy atom. The van der Waals surface area contributed by atoms with E-state index in [0.717, 1.165) is 0 Å². The summed E-state index contributed by atoms with van der Waals surface area (Å²) in [5.74, 6) is -0.451. The highest BCUT2D eigenvalue weighted by atomic mass is 35.5. The zero-order chi connectivity index (χ0) is 10.7. The number of carbonyl (C=O) groups is 1. The van der Waals surface area contributed by atoms with E-state index in [4.69, 9.17) is 27.9 Å². The quantitative estimate of drug-likeness (QED) is 0.730. The SMILES string of the molecule is CC(C)OC(=O)c1cccc(Cl)c1Cl. The largest absolute Gasteiger partial charge is 0.459 e. The van der Waals surface area contributed by atoms with Gasteiger partial charge in [-0.1, -0.05) is 29.3 Å². The molecule has 4 heteroatoms. The third-order valence-electron chi connectivity index (χ3n) is 1.51. The average molecular weight is 233 g/mol. The van der Waals surface area contributed by atoms with Crippen molar-refractivity contribution in [3.63, 3.8) is 0 Å². The zero-order valence-electron chi connectivity index (χ0n) is 7.88. The summed E-state index contributed by atoms with van der Waals surface area (Å²) in [6.07, 6.45) is -0.169. The molecule has 1 rings (SSSR count). The van der Waals surface area contributed by atoms with Gasteiger partial charge in [0.1, 0.15) is 0 Å². The van der Waals surface area contributed by atoms with Crippen molar-refractivity contribution in [3.8, 4) is 0 Å². The fourth-order valence-corrected chi connectivity index (χ4v) is 1.32. The number of ether oxygens (including phenoxy) is 1. The Labute approximate surface area is 92.8 Å². The molecule has 0 fully saturated rings. The zero-order valence-corrected chi connectivity index (χ0v) is 9.39. The molecule has 0 saturated carbocycles. The van der Waals surface area contributed by atoms with Crippen molar-refractivity contribution in [2.45, 2.75) is 20.0 Å². The molecule has 0 radical (unpaired) electrons. The number of hydrogen-bond donors (Lipinski definition) is 0. The van der Waals surface area contributed by atoms with Crippen LogP contribution in [0, 0.1) is 0 Å². The van der Waals surface area contributed by atoms with Gasteiger partial charge in [-0.2, -0.15) is 0 Å². The van der Waals surface area contributed by atoms with Gasteiger partial charge in [-0.05, 0) is 26.0 Å². The van der Waals surface area contributed by atoms with E-state index in [9.17, 15) is 4.79 Å². The highest BCUT2D eigenvalue weighted by Gasteiger charge is 2.14. The lowest BCUT2D eigenvalue weighted by Gasteiger charge is -2.09. The fraction of sp³-hybridized carbons (Fsp3) is 0.300. The van der Waals surface area contributed by atoms with E-state index in [1.165, 1.54) is 0 Å². The van der Waals surface area contributed by atoms with Crippen molar-refractivity contribution in [3.05, 3.63) is 33.8 Å². The smallest absolute Gasteiger partial charge is 0.339 e. The van der Waals surface area contributed by atoms with Crippen molar-refractivity contribution >= 4 is 29.2 Å². The average Bonchev–Trinajstić information content (AvgIpc) is 2.08. The third kappa shape index (κ3) is 2.63. The summed E-state index contributed by atoms with van der Waals surface area (Å²) >= 11 is 11.6. The fourth-order valence-electron chi connectivity index (χ4n) is 0.939. The van der Waals surface area contributed by atoms with Crippen LogP contribution < -0.4 is 0 Å². The lowest BCUT2D eigenvalue weighted by Crippen LogP contribution is -2.12. The van der Waals surface area contributed by atoms with Crippen LogP contribution in [-0.2, 0) is 4.74 Å². The maximum atomic E-state index is 11.5. The van der Waals surface area contributed by atoms with E-state index in [2.05, 4.69) is 0 Å². The molecular formula is C10H10Cl2O2. The second-order valence-electron chi connectivity index (χ2n) is 3.06. The van der Waals surface area contributed by atoms with Gasteiger partial charge >= 0.3 is 5.97 Å². The molecule has 0 aliphatic rings. The molecule has 2 nitrogen and oxygen atoms in total. The Kier molecular flexibility index (Phi) is 3.78. The molecule has 0 atom stereocenters. The normalized spacial score (nSPS) is 10.4. The molecule has 0 aliphatic carbocycles. The van der Waals surface area contributed by atoms with Crippen LogP contribution in [0.2, 0.25) is 10.0 Å². The van der Waals surface area contributed by atoms with Gasteiger partial charge < -0.3 is 4.74 Å². The number of esters is 1. The van der Waals surface area contributed by atoms with Crippen molar-refractivity contribution in [2.24, 2.45) is 0 Å². The monoisotopic (exact) mass is 232 g/mol. The van der Waals surface area contributed by atoms with Gasteiger partial charge in [0.15, 0.2) is 0 Å². The van der Waals surface area contributed by atoms with Crippen LogP contribution in [0.25, 0.3) is 0 Å². The van der Waals surface area contributed by atoms with E-state index in [1.54, 1.807) is 32.0 Å². The second-order valence-corrected chi connectivity index (χ2v) is 3.84. The number of hydrogen-bond acceptors (Lipinski definition) is 2. The lowest BCUT2D eigenvalue weighted by atomic mass is 10.2. The van der Waals surface area contributed by atoms with Crippen LogP contribution in [0.3, 0.4) is 0 Å². The summed E-state index contributed by atoms with van der Waals surface area (Å²) in [7, 11) is 0. The predicted octanol–water partition coefficient (Wildman–Crippen LogP) is 3.56. The first-order valence-corrected chi connectivity index (χ1v) is 4.93. The Bertz CT molecular complexity index is 348. The number of halogens is 2. The minimum atomic E-state index is -0.451. The molecule has 0 bridgehead atoms. The highest BCUT2D eigenvalue weighted by molar-refractivity contribution is 6.43. The summed E-state index contributed by atoms with van der Waals surface area (Å²) < 4.78 is 4.99. The van der Waals surface area contributed by atoms with Gasteiger partial charge in [0, 0.05) is 0 Å². The van der Waals surface area contributed by atoms with Gasteiger partial charge in [-0.25, -0.2) is 4.79 Å². The third-order valence-corrected chi connectivity index (χ3v) is 2.33. The minimum absolute atomic E-state index is 0.169. The van der Waals surface area contributed by atoms with Crippen LogP contribution >= 0.6 is 23.2 Å². The molecule has 0 aromatic heterocycles. The van der Waals surface area contributed by atoms with Crippen molar-refractivity contribution in [2.75, 3.05) is 0 Å². The van der Waals surface area contributed by atoms with Gasteiger partial charge in [-0.15, -0.1) is 0 Å². The minimum Gasteiger partial charge on any atom is -0.459 e. The Morgan fingerprint density at radius 3 is 2.57 bits per heavy atom. The number of carbonyl (C=O) groups excluding carboxylic acids is 1. The van der Waals surface area contributed by atoms with E-state index in [0.29, 0.717) is 10.6 Å². The van der Waals surface area contributed by atoms with Crippen LogP contribution in [0.5, 0.6) is 0 Å². The van der Waals surface area contributed by atoms with Gasteiger partial charge in [0.2, 0.25) is 0 Å². The molecule has 0 aliphatic heterocycles. The predicted molar refractivity (Wildman–Crippen MR) is 57.0 cm³/mol. The molecule has 1 aromatic rings. The van der Waals surface area contributed by atoms with Crippen LogP contribution in [0.4, 0.5) is 0 Å². The van der Waals surface area contributed by atoms with E-state index in [-0.39, 0.29) is 11.1 Å². The summed E-state index contributed by atoms with van der Waals surface area (Å²) in [6, 6.07) is 4.86. The van der Waals surface area contributed by atoms with Crippen molar-refractivity contribution < 1.29 is 9.53 Å². The molecule has 0 N–H and O–H groups in total. The second kappa shape index (κ2) is 4.67. The Hall–Kier alpha value is -0.730. The Morgan fingerprint density at radius 1 is 1.36 bits per heavy atom. The molecule has 1 aromatic carbocycles. The first-order chi connectivity index (χ1) is 6.52. The molecule has 14 heavy (non-hydrogen) atoms. The van der Waals surface area contributed by atoms with Gasteiger partial charge in [-0.3, -0.25) is 0 Å². The van der Waals surface area contributed by atoms with E-state index in [1.807, 2.05) is 0 Å². The standard InChI is InChI=1S/C10H10Cl2O2/c1-6(2)14-10(13)7-4-3-5-8(11)9(7)12/h3-6H,1-2H3. The molecular weight excluding hydrogens is 223 g/mol. The van der Waals surface area contributed by atoms with Gasteiger partial charge in [0.25, 0.3) is 0 Å². The molecule has 0 saturated heterocycles. The van der Waals surface area contributed by atoms with Crippen LogP contribution in [-0.4, -0.2) is 12.1 Å². The summed E-state index contributed by atoms with van der Waals surface area (Å²) in [5.41, 5.74) is 0.299. The summed E-state index contributed by atoms with van der Waals surface area (Å²) in [6.45, 7) is 3.55. The van der Waals surface area contributed by atoms with Crippen molar-refractivity contribution in [1.82, 2.24) is 0 Å². The van der Waals surface area contributed by atoms with Crippen LogP contribution in [0.15, 0.2) is 18.2 Å². The first-order valence-electron chi connectivity index (χ1n) is 4.17. The summed E-state index contributed by atoms with van der Waals surface area (Å²) in [4.78, 5) is 11.5. The number of benzene rings is 1. The maximum absolute atomic E-state index is 11.5. The summed E-state index contributed by atoms with van der Waals surface area (Å²) in [5, 5.41) is 0.588. The molecule has 76 valence electrons. The lowest BCUT2D eigenvalue weighted by molar-refractivity contribution is 0.0378. The maximum Gasteiger partial charge on any atom is 0.339 e. The van der Waals surface area contributed by atoms with Crippen molar-refractivity contribution in [1.29, 1.82) is 0 Å². The first kappa shape index (κ1) is 11.3. The number of rotatable bonds is 2. The van der Waals surface area contributed by atoms with E-state index < -0.39 is 5.97 Å². The molecule has 0 heterocycles. The van der Waals surface area contributed by atoms with Crippen LogP contribution in [0.1, 0.15) is 24.2 Å².